The van der Waals surface area contributed by atoms with Crippen molar-refractivity contribution in [3.63, 3.8) is 0 Å². The summed E-state index contributed by atoms with van der Waals surface area (Å²) >= 11 is 0. The van der Waals surface area contributed by atoms with Gasteiger partial charge in [-0.05, 0) is 13.3 Å². The van der Waals surface area contributed by atoms with Gasteiger partial charge < -0.3 is 9.84 Å². The highest BCUT2D eigenvalue weighted by atomic mass is 16.5. The second kappa shape index (κ2) is 15.8. The zero-order chi connectivity index (χ0) is 15.8. The van der Waals surface area contributed by atoms with E-state index >= 15 is 0 Å². The number of carboxylic acids is 1. The molecule has 0 aromatic carbocycles. The van der Waals surface area contributed by atoms with Crippen LogP contribution < -0.4 is 0 Å². The molecule has 0 unspecified atom stereocenters. The van der Waals surface area contributed by atoms with E-state index in [1.165, 1.54) is 64.2 Å². The Hall–Kier alpha value is -0.570. The number of rotatable bonds is 16. The van der Waals surface area contributed by atoms with Gasteiger partial charge in [-0.3, -0.25) is 0 Å². The second-order valence-corrected chi connectivity index (χ2v) is 5.96. The number of unbranched alkanes of at least 4 members (excludes halogenated alkanes) is 11. The molecule has 0 radical (unpaired) electrons. The van der Waals surface area contributed by atoms with Crippen LogP contribution in [0.1, 0.15) is 97.3 Å². The molecule has 0 amide bonds. The average molecular weight is 300 g/mol. The van der Waals surface area contributed by atoms with Crippen molar-refractivity contribution in [1.29, 1.82) is 0 Å². The van der Waals surface area contributed by atoms with Gasteiger partial charge in [0.1, 0.15) is 0 Å². The van der Waals surface area contributed by atoms with E-state index in [0.717, 1.165) is 12.8 Å². The Morgan fingerprint density at radius 2 is 1.24 bits per heavy atom. The van der Waals surface area contributed by atoms with Crippen LogP contribution in [0.4, 0.5) is 0 Å². The quantitative estimate of drug-likeness (QED) is 0.379. The minimum Gasteiger partial charge on any atom is -0.479 e. The zero-order valence-corrected chi connectivity index (χ0v) is 14.2. The van der Waals surface area contributed by atoms with E-state index in [-0.39, 0.29) is 0 Å². The van der Waals surface area contributed by atoms with Crippen molar-refractivity contribution in [3.8, 4) is 0 Å². The maximum Gasteiger partial charge on any atom is 0.332 e. The third-order valence-electron chi connectivity index (χ3n) is 3.96. The van der Waals surface area contributed by atoms with E-state index in [4.69, 9.17) is 9.84 Å². The van der Waals surface area contributed by atoms with Crippen LogP contribution >= 0.6 is 0 Å². The molecule has 0 fully saturated rings. The standard InChI is InChI=1S/C18H36O3/c1-3-5-6-7-8-9-10-11-12-13-14-15-16-17(18(19)20)21-4-2/h17H,3-16H2,1-2H3,(H,19,20)/t17-/m1/s1. The summed E-state index contributed by atoms with van der Waals surface area (Å²) in [5, 5.41) is 8.96. The fourth-order valence-electron chi connectivity index (χ4n) is 2.65. The van der Waals surface area contributed by atoms with Crippen LogP contribution in [0.25, 0.3) is 0 Å². The summed E-state index contributed by atoms with van der Waals surface area (Å²) in [6.07, 6.45) is 15.7. The third-order valence-corrected chi connectivity index (χ3v) is 3.96. The van der Waals surface area contributed by atoms with E-state index in [1.807, 2.05) is 6.92 Å². The number of ether oxygens (including phenoxy) is 1. The van der Waals surface area contributed by atoms with Crippen LogP contribution in [0, 0.1) is 0 Å². The van der Waals surface area contributed by atoms with Crippen LogP contribution in [0.15, 0.2) is 0 Å². The minimum atomic E-state index is -0.820. The lowest BCUT2D eigenvalue weighted by molar-refractivity contribution is -0.150. The van der Waals surface area contributed by atoms with Gasteiger partial charge in [-0.2, -0.15) is 0 Å². The van der Waals surface area contributed by atoms with Crippen LogP contribution in [0.3, 0.4) is 0 Å². The molecule has 1 atom stereocenters. The largest absolute Gasteiger partial charge is 0.479 e. The molecule has 0 saturated carbocycles. The first-order chi connectivity index (χ1) is 10.2. The van der Waals surface area contributed by atoms with Gasteiger partial charge in [0.15, 0.2) is 6.10 Å². The molecule has 0 aliphatic heterocycles. The van der Waals surface area contributed by atoms with E-state index in [2.05, 4.69) is 6.92 Å². The Kier molecular flexibility index (Phi) is 15.4. The lowest BCUT2D eigenvalue weighted by atomic mass is 10.0. The first-order valence-corrected chi connectivity index (χ1v) is 9.06. The molecule has 1 N–H and O–H groups in total. The van der Waals surface area contributed by atoms with Crippen LogP contribution in [0.2, 0.25) is 0 Å². The summed E-state index contributed by atoms with van der Waals surface area (Å²) in [5.74, 6) is -0.820. The van der Waals surface area contributed by atoms with Gasteiger partial charge in [-0.25, -0.2) is 4.79 Å². The molecule has 0 aromatic heterocycles. The second-order valence-electron chi connectivity index (χ2n) is 5.96. The molecule has 126 valence electrons. The Morgan fingerprint density at radius 1 is 0.810 bits per heavy atom. The summed E-state index contributed by atoms with van der Waals surface area (Å²) in [4.78, 5) is 10.9. The fraction of sp³-hybridized carbons (Fsp3) is 0.944. The first-order valence-electron chi connectivity index (χ1n) is 9.06. The first kappa shape index (κ1) is 20.4. The summed E-state index contributed by atoms with van der Waals surface area (Å²) in [6.45, 7) is 4.58. The van der Waals surface area contributed by atoms with Gasteiger partial charge in [0.2, 0.25) is 0 Å². The normalized spacial score (nSPS) is 12.5. The maximum atomic E-state index is 10.9. The van der Waals surface area contributed by atoms with E-state index in [9.17, 15) is 4.79 Å². The number of hydrogen-bond acceptors (Lipinski definition) is 2. The fourth-order valence-corrected chi connectivity index (χ4v) is 2.65. The molecule has 0 aliphatic carbocycles. The van der Waals surface area contributed by atoms with Gasteiger partial charge in [0.05, 0.1) is 0 Å². The smallest absolute Gasteiger partial charge is 0.332 e. The molecular formula is C18H36O3. The molecule has 0 bridgehead atoms. The monoisotopic (exact) mass is 300 g/mol. The van der Waals surface area contributed by atoms with Gasteiger partial charge in [0, 0.05) is 6.61 Å². The SMILES string of the molecule is CCCCCCCCCCCCCC[C@@H](OCC)C(=O)O. The van der Waals surface area contributed by atoms with E-state index in [1.54, 1.807) is 0 Å². The van der Waals surface area contributed by atoms with Gasteiger partial charge in [-0.15, -0.1) is 0 Å². The van der Waals surface area contributed by atoms with Crippen LogP contribution in [0.5, 0.6) is 0 Å². The molecular weight excluding hydrogens is 264 g/mol. The molecule has 3 nitrogen and oxygen atoms in total. The maximum absolute atomic E-state index is 10.9. The molecule has 0 saturated heterocycles. The predicted octanol–water partition coefficient (Wildman–Crippen LogP) is 5.57. The Balaban J connectivity index is 3.23. The molecule has 0 heterocycles. The Morgan fingerprint density at radius 3 is 1.62 bits per heavy atom. The lowest BCUT2D eigenvalue weighted by Crippen LogP contribution is -2.23. The highest BCUT2D eigenvalue weighted by Crippen LogP contribution is 2.13. The molecule has 0 rings (SSSR count). The van der Waals surface area contributed by atoms with Crippen LogP contribution in [-0.4, -0.2) is 23.8 Å². The zero-order valence-electron chi connectivity index (χ0n) is 14.2. The predicted molar refractivity (Wildman–Crippen MR) is 88.7 cm³/mol. The lowest BCUT2D eigenvalue weighted by Gasteiger charge is -2.11. The van der Waals surface area contributed by atoms with Crippen molar-refractivity contribution in [1.82, 2.24) is 0 Å². The average Bonchev–Trinajstić information content (AvgIpc) is 2.47. The topological polar surface area (TPSA) is 46.5 Å². The third kappa shape index (κ3) is 14.1. The highest BCUT2D eigenvalue weighted by Gasteiger charge is 2.16. The number of hydrogen-bond donors (Lipinski definition) is 1. The number of carbonyl (C=O) groups is 1. The van der Waals surface area contributed by atoms with Crippen molar-refractivity contribution in [2.24, 2.45) is 0 Å². The number of aliphatic carboxylic acids is 1. The van der Waals surface area contributed by atoms with Gasteiger partial charge in [-0.1, -0.05) is 84.0 Å². The molecule has 3 heteroatoms. The van der Waals surface area contributed by atoms with Crippen molar-refractivity contribution < 1.29 is 14.6 Å². The van der Waals surface area contributed by atoms with Crippen molar-refractivity contribution in [2.45, 2.75) is 103 Å². The van der Waals surface area contributed by atoms with E-state index in [0.29, 0.717) is 13.0 Å². The van der Waals surface area contributed by atoms with Crippen molar-refractivity contribution in [2.75, 3.05) is 6.61 Å². The summed E-state index contributed by atoms with van der Waals surface area (Å²) in [6, 6.07) is 0. The van der Waals surface area contributed by atoms with Gasteiger partial charge in [0.25, 0.3) is 0 Å². The minimum absolute atomic E-state index is 0.481. The van der Waals surface area contributed by atoms with Gasteiger partial charge >= 0.3 is 5.97 Å². The van der Waals surface area contributed by atoms with Crippen LogP contribution in [-0.2, 0) is 9.53 Å². The molecule has 0 spiro atoms. The van der Waals surface area contributed by atoms with Crippen molar-refractivity contribution in [3.05, 3.63) is 0 Å². The summed E-state index contributed by atoms with van der Waals surface area (Å²) in [5.41, 5.74) is 0. The highest BCUT2D eigenvalue weighted by molar-refractivity contribution is 5.72. The summed E-state index contributed by atoms with van der Waals surface area (Å²) in [7, 11) is 0. The van der Waals surface area contributed by atoms with E-state index < -0.39 is 12.1 Å². The molecule has 0 aromatic rings. The Bertz CT molecular complexity index is 229. The molecule has 0 aliphatic rings. The number of carboxylic acid groups (broad SMARTS) is 1. The van der Waals surface area contributed by atoms with Crippen molar-refractivity contribution >= 4 is 5.97 Å². The Labute approximate surface area is 131 Å². The summed E-state index contributed by atoms with van der Waals surface area (Å²) < 4.78 is 5.20. The molecule has 21 heavy (non-hydrogen) atoms.